The molecule has 0 radical (unpaired) electrons. The number of amides is 1. The van der Waals surface area contributed by atoms with E-state index in [1.807, 2.05) is 106 Å². The van der Waals surface area contributed by atoms with Gasteiger partial charge >= 0.3 is 0 Å². The molecule has 0 aliphatic rings. The van der Waals surface area contributed by atoms with Crippen molar-refractivity contribution < 1.29 is 4.79 Å². The van der Waals surface area contributed by atoms with E-state index in [2.05, 4.69) is 16.0 Å². The Morgan fingerprint density at radius 2 is 1.58 bits per heavy atom. The number of hydrogen-bond donors (Lipinski definition) is 1. The lowest BCUT2D eigenvalue weighted by molar-refractivity contribution is -0.112. The second kappa shape index (κ2) is 9.42. The highest BCUT2D eigenvalue weighted by Gasteiger charge is 2.18. The Kier molecular flexibility index (Phi) is 6.24. The summed E-state index contributed by atoms with van der Waals surface area (Å²) in [5.41, 5.74) is 7.62. The van der Waals surface area contributed by atoms with Gasteiger partial charge in [-0.25, -0.2) is 0 Å². The lowest BCUT2D eigenvalue weighted by Crippen LogP contribution is -2.14. The molecule has 1 amide bonds. The number of carbonyl (C=O) groups excluding carboxylic acids is 1. The van der Waals surface area contributed by atoms with Crippen LogP contribution in [0.1, 0.15) is 22.4 Å². The Labute approximate surface area is 194 Å². The standard InChI is InChI=1S/C29H25N3O/c1-20-11-10-16-27(22(20)3)31-29(33)25(19-30)18-24-17-21(2)32(26-14-8-5-9-15-26)28(24)23-12-6-4-7-13-23/h4-18H,1-3H3,(H,31,33)/b25-18-. The Morgan fingerprint density at radius 1 is 0.909 bits per heavy atom. The van der Waals surface area contributed by atoms with Crippen LogP contribution in [0.2, 0.25) is 0 Å². The van der Waals surface area contributed by atoms with Gasteiger partial charge in [0.15, 0.2) is 0 Å². The zero-order valence-electron chi connectivity index (χ0n) is 19.0. The number of rotatable bonds is 5. The van der Waals surface area contributed by atoms with E-state index in [-0.39, 0.29) is 5.57 Å². The Hall–Kier alpha value is -4.36. The highest BCUT2D eigenvalue weighted by molar-refractivity contribution is 6.10. The zero-order valence-corrected chi connectivity index (χ0v) is 19.0. The van der Waals surface area contributed by atoms with Gasteiger partial charge in [0.2, 0.25) is 0 Å². The molecule has 0 aliphatic carbocycles. The number of hydrogen-bond acceptors (Lipinski definition) is 2. The van der Waals surface area contributed by atoms with E-state index in [4.69, 9.17) is 0 Å². The Bertz CT molecular complexity index is 1370. The van der Waals surface area contributed by atoms with Crippen LogP contribution < -0.4 is 5.32 Å². The number of aromatic nitrogens is 1. The molecule has 0 saturated heterocycles. The first-order chi connectivity index (χ1) is 16.0. The van der Waals surface area contributed by atoms with Crippen molar-refractivity contribution in [2.24, 2.45) is 0 Å². The average Bonchev–Trinajstić information content (AvgIpc) is 3.17. The summed E-state index contributed by atoms with van der Waals surface area (Å²) in [5.74, 6) is -0.421. The molecule has 0 aliphatic heterocycles. The fraction of sp³-hybridized carbons (Fsp3) is 0.103. The topological polar surface area (TPSA) is 57.8 Å². The molecule has 0 unspecified atom stereocenters. The summed E-state index contributed by atoms with van der Waals surface area (Å²) in [6.07, 6.45) is 1.68. The van der Waals surface area contributed by atoms with Crippen molar-refractivity contribution in [3.8, 4) is 23.0 Å². The van der Waals surface area contributed by atoms with Crippen LogP contribution >= 0.6 is 0 Å². The van der Waals surface area contributed by atoms with Crippen molar-refractivity contribution in [2.75, 3.05) is 5.32 Å². The first-order valence-electron chi connectivity index (χ1n) is 10.8. The number of nitrogens with one attached hydrogen (secondary N) is 1. The highest BCUT2D eigenvalue weighted by Crippen LogP contribution is 2.32. The van der Waals surface area contributed by atoms with Gasteiger partial charge in [-0.05, 0) is 67.8 Å². The van der Waals surface area contributed by atoms with E-state index in [0.717, 1.165) is 39.3 Å². The van der Waals surface area contributed by atoms with Gasteiger partial charge in [0.25, 0.3) is 5.91 Å². The summed E-state index contributed by atoms with van der Waals surface area (Å²) >= 11 is 0. The summed E-state index contributed by atoms with van der Waals surface area (Å²) in [6, 6.07) is 29.9. The summed E-state index contributed by atoms with van der Waals surface area (Å²) < 4.78 is 2.15. The molecule has 1 N–H and O–H groups in total. The van der Waals surface area contributed by atoms with Gasteiger partial charge < -0.3 is 9.88 Å². The van der Waals surface area contributed by atoms with Crippen LogP contribution in [0.5, 0.6) is 0 Å². The minimum Gasteiger partial charge on any atom is -0.321 e. The second-order valence-corrected chi connectivity index (χ2v) is 8.00. The molecule has 0 fully saturated rings. The smallest absolute Gasteiger partial charge is 0.266 e. The van der Waals surface area contributed by atoms with Gasteiger partial charge in [-0.2, -0.15) is 5.26 Å². The first kappa shape index (κ1) is 21.9. The quantitative estimate of drug-likeness (QED) is 0.285. The lowest BCUT2D eigenvalue weighted by Gasteiger charge is -2.13. The normalized spacial score (nSPS) is 11.2. The van der Waals surface area contributed by atoms with Gasteiger partial charge in [0.05, 0.1) is 5.69 Å². The summed E-state index contributed by atoms with van der Waals surface area (Å²) in [7, 11) is 0. The fourth-order valence-electron chi connectivity index (χ4n) is 3.96. The fourth-order valence-corrected chi connectivity index (χ4v) is 3.96. The molecular weight excluding hydrogens is 406 g/mol. The molecule has 33 heavy (non-hydrogen) atoms. The van der Waals surface area contributed by atoms with E-state index in [1.165, 1.54) is 0 Å². The predicted molar refractivity (Wildman–Crippen MR) is 134 cm³/mol. The van der Waals surface area contributed by atoms with Gasteiger partial charge in [-0.15, -0.1) is 0 Å². The molecule has 162 valence electrons. The van der Waals surface area contributed by atoms with Crippen LogP contribution in [0.25, 0.3) is 23.0 Å². The van der Waals surface area contributed by atoms with Crippen LogP contribution in [0.15, 0.2) is 90.5 Å². The highest BCUT2D eigenvalue weighted by atomic mass is 16.1. The largest absolute Gasteiger partial charge is 0.321 e. The number of benzene rings is 3. The van der Waals surface area contributed by atoms with Crippen LogP contribution in [0.3, 0.4) is 0 Å². The first-order valence-corrected chi connectivity index (χ1v) is 10.8. The minimum absolute atomic E-state index is 0.0540. The molecule has 4 rings (SSSR count). The maximum Gasteiger partial charge on any atom is 0.266 e. The van der Waals surface area contributed by atoms with E-state index in [9.17, 15) is 10.1 Å². The molecule has 4 aromatic rings. The third-order valence-electron chi connectivity index (χ3n) is 5.79. The summed E-state index contributed by atoms with van der Waals surface area (Å²) in [4.78, 5) is 13.0. The van der Waals surface area contributed by atoms with Crippen molar-refractivity contribution in [2.45, 2.75) is 20.8 Å². The van der Waals surface area contributed by atoms with Gasteiger partial charge in [0, 0.05) is 22.6 Å². The van der Waals surface area contributed by atoms with Crippen molar-refractivity contribution >= 4 is 17.7 Å². The monoisotopic (exact) mass is 431 g/mol. The van der Waals surface area contributed by atoms with Crippen molar-refractivity contribution in [1.29, 1.82) is 5.26 Å². The van der Waals surface area contributed by atoms with Crippen molar-refractivity contribution in [3.63, 3.8) is 0 Å². The second-order valence-electron chi connectivity index (χ2n) is 8.00. The van der Waals surface area contributed by atoms with Gasteiger partial charge in [-0.3, -0.25) is 4.79 Å². The number of aryl methyl sites for hydroxylation is 2. The number of nitriles is 1. The summed E-state index contributed by atoms with van der Waals surface area (Å²) in [5, 5.41) is 12.7. The average molecular weight is 432 g/mol. The maximum atomic E-state index is 13.0. The van der Waals surface area contributed by atoms with Crippen LogP contribution in [-0.4, -0.2) is 10.5 Å². The number of carbonyl (C=O) groups is 1. The molecule has 3 aromatic carbocycles. The van der Waals surface area contributed by atoms with Crippen molar-refractivity contribution in [3.05, 3.63) is 113 Å². The van der Waals surface area contributed by atoms with Gasteiger partial charge in [0.1, 0.15) is 11.6 Å². The van der Waals surface area contributed by atoms with E-state index >= 15 is 0 Å². The van der Waals surface area contributed by atoms with E-state index in [0.29, 0.717) is 5.69 Å². The third-order valence-corrected chi connectivity index (χ3v) is 5.79. The van der Waals surface area contributed by atoms with Crippen molar-refractivity contribution in [1.82, 2.24) is 4.57 Å². The lowest BCUT2D eigenvalue weighted by atomic mass is 10.0. The molecule has 0 atom stereocenters. The van der Waals surface area contributed by atoms with Gasteiger partial charge in [-0.1, -0.05) is 60.7 Å². The van der Waals surface area contributed by atoms with E-state index in [1.54, 1.807) is 6.08 Å². The third kappa shape index (κ3) is 4.49. The minimum atomic E-state index is -0.421. The molecule has 4 nitrogen and oxygen atoms in total. The molecule has 0 spiro atoms. The SMILES string of the molecule is Cc1cccc(NC(=O)/C(C#N)=C\c2cc(C)n(-c3ccccc3)c2-c2ccccc2)c1C. The Morgan fingerprint density at radius 3 is 2.24 bits per heavy atom. The van der Waals surface area contributed by atoms with Crippen LogP contribution in [-0.2, 0) is 4.79 Å². The number of anilines is 1. The zero-order chi connectivity index (χ0) is 23.4. The molecule has 4 heteroatoms. The molecular formula is C29H25N3O. The number of para-hydroxylation sites is 1. The maximum absolute atomic E-state index is 13.0. The predicted octanol–water partition coefficient (Wildman–Crippen LogP) is 6.62. The summed E-state index contributed by atoms with van der Waals surface area (Å²) in [6.45, 7) is 5.98. The number of nitrogens with zero attached hydrogens (tertiary/aromatic N) is 2. The van der Waals surface area contributed by atoms with Crippen LogP contribution in [0.4, 0.5) is 5.69 Å². The van der Waals surface area contributed by atoms with E-state index < -0.39 is 5.91 Å². The Balaban J connectivity index is 1.82. The molecule has 0 saturated carbocycles. The molecule has 1 aromatic heterocycles. The van der Waals surface area contributed by atoms with Crippen LogP contribution in [0, 0.1) is 32.1 Å². The molecule has 1 heterocycles. The molecule has 0 bridgehead atoms.